The molecule has 1 aromatic rings. The molecular weight excluding hydrogens is 380 g/mol. The SMILES string of the molecule is CN(C)C(=O)Sc1ccc(NC(=O)CN2C(=O)NC3(CCCCC3)C2=O)cc1. The number of carbonyl (C=O) groups is 4. The van der Waals surface area contributed by atoms with Gasteiger partial charge in [0.25, 0.3) is 11.1 Å². The largest absolute Gasteiger partial charge is 0.339 e. The van der Waals surface area contributed by atoms with Gasteiger partial charge in [0, 0.05) is 24.7 Å². The van der Waals surface area contributed by atoms with Gasteiger partial charge in [-0.05, 0) is 48.9 Å². The molecule has 3 rings (SSSR count). The second-order valence-corrected chi connectivity index (χ2v) is 8.32. The molecule has 1 aliphatic carbocycles. The molecule has 5 amide bonds. The number of hydrogen-bond acceptors (Lipinski definition) is 5. The van der Waals surface area contributed by atoms with Crippen LogP contribution in [-0.2, 0) is 9.59 Å². The number of rotatable bonds is 4. The van der Waals surface area contributed by atoms with Crippen LogP contribution >= 0.6 is 11.8 Å². The molecule has 28 heavy (non-hydrogen) atoms. The van der Waals surface area contributed by atoms with Gasteiger partial charge in [0.15, 0.2) is 0 Å². The van der Waals surface area contributed by atoms with Gasteiger partial charge in [-0.3, -0.25) is 19.3 Å². The van der Waals surface area contributed by atoms with Crippen LogP contribution in [0.5, 0.6) is 0 Å². The van der Waals surface area contributed by atoms with Crippen molar-refractivity contribution in [3.05, 3.63) is 24.3 Å². The minimum atomic E-state index is -0.826. The summed E-state index contributed by atoms with van der Waals surface area (Å²) >= 11 is 1.09. The third-order valence-corrected chi connectivity index (χ3v) is 6.01. The van der Waals surface area contributed by atoms with E-state index < -0.39 is 17.5 Å². The standard InChI is InChI=1S/C19H24N4O4S/c1-22(2)18(27)28-14-8-6-13(7-9-14)20-15(24)12-23-16(25)19(21-17(23)26)10-4-3-5-11-19/h6-9H,3-5,10-12H2,1-2H3,(H,20,24)(H,21,26). The summed E-state index contributed by atoms with van der Waals surface area (Å²) in [6.07, 6.45) is 4.10. The number of urea groups is 1. The van der Waals surface area contributed by atoms with E-state index in [0.717, 1.165) is 40.8 Å². The van der Waals surface area contributed by atoms with Gasteiger partial charge < -0.3 is 15.5 Å². The summed E-state index contributed by atoms with van der Waals surface area (Å²) in [5, 5.41) is 5.39. The van der Waals surface area contributed by atoms with Crippen molar-refractivity contribution in [1.29, 1.82) is 0 Å². The van der Waals surface area contributed by atoms with Crippen LogP contribution in [0.1, 0.15) is 32.1 Å². The number of hydrogen-bond donors (Lipinski definition) is 2. The van der Waals surface area contributed by atoms with Crippen molar-refractivity contribution in [2.75, 3.05) is 26.0 Å². The molecule has 0 unspecified atom stereocenters. The van der Waals surface area contributed by atoms with Crippen LogP contribution in [-0.4, -0.2) is 59.1 Å². The molecule has 1 aliphatic heterocycles. The highest BCUT2D eigenvalue weighted by Crippen LogP contribution is 2.33. The van der Waals surface area contributed by atoms with E-state index in [0.29, 0.717) is 18.5 Å². The lowest BCUT2D eigenvalue weighted by molar-refractivity contribution is -0.134. The van der Waals surface area contributed by atoms with Crippen molar-refractivity contribution < 1.29 is 19.2 Å². The molecule has 0 radical (unpaired) electrons. The lowest BCUT2D eigenvalue weighted by Gasteiger charge is -2.30. The second-order valence-electron chi connectivity index (χ2n) is 7.30. The summed E-state index contributed by atoms with van der Waals surface area (Å²) in [5.74, 6) is -0.748. The zero-order valence-electron chi connectivity index (χ0n) is 16.0. The van der Waals surface area contributed by atoms with Crippen LogP contribution in [0.4, 0.5) is 15.3 Å². The van der Waals surface area contributed by atoms with Gasteiger partial charge in [-0.1, -0.05) is 19.3 Å². The molecule has 1 heterocycles. The fourth-order valence-corrected chi connectivity index (χ4v) is 4.11. The number of amides is 5. The van der Waals surface area contributed by atoms with E-state index in [1.165, 1.54) is 4.90 Å². The van der Waals surface area contributed by atoms with Crippen molar-refractivity contribution in [1.82, 2.24) is 15.1 Å². The van der Waals surface area contributed by atoms with Gasteiger partial charge in [0.2, 0.25) is 5.91 Å². The molecule has 0 aromatic heterocycles. The molecule has 1 spiro atoms. The lowest BCUT2D eigenvalue weighted by Crippen LogP contribution is -2.48. The molecule has 0 bridgehead atoms. The lowest BCUT2D eigenvalue weighted by atomic mass is 9.82. The highest BCUT2D eigenvalue weighted by Gasteiger charge is 2.51. The number of nitrogens with one attached hydrogen (secondary N) is 2. The van der Waals surface area contributed by atoms with Crippen molar-refractivity contribution >= 4 is 40.5 Å². The van der Waals surface area contributed by atoms with Crippen LogP contribution in [0.25, 0.3) is 0 Å². The molecule has 2 N–H and O–H groups in total. The Bertz CT molecular complexity index is 788. The van der Waals surface area contributed by atoms with E-state index >= 15 is 0 Å². The van der Waals surface area contributed by atoms with Crippen LogP contribution in [0.3, 0.4) is 0 Å². The number of benzene rings is 1. The smallest absolute Gasteiger partial charge is 0.325 e. The van der Waals surface area contributed by atoms with Gasteiger partial charge in [-0.2, -0.15) is 0 Å². The first kappa shape index (κ1) is 20.2. The molecular formula is C19H24N4O4S. The first-order valence-corrected chi connectivity index (χ1v) is 10.1. The maximum Gasteiger partial charge on any atom is 0.325 e. The Morgan fingerprint density at radius 2 is 1.79 bits per heavy atom. The predicted molar refractivity (Wildman–Crippen MR) is 106 cm³/mol. The summed E-state index contributed by atoms with van der Waals surface area (Å²) in [6, 6.07) is 6.31. The average molecular weight is 404 g/mol. The van der Waals surface area contributed by atoms with Crippen LogP contribution in [0, 0.1) is 0 Å². The van der Waals surface area contributed by atoms with E-state index in [9.17, 15) is 19.2 Å². The van der Waals surface area contributed by atoms with E-state index in [4.69, 9.17) is 0 Å². The highest BCUT2D eigenvalue weighted by atomic mass is 32.2. The summed E-state index contributed by atoms with van der Waals surface area (Å²) in [5.41, 5.74) is -0.293. The maximum absolute atomic E-state index is 12.7. The Kier molecular flexibility index (Phi) is 5.93. The van der Waals surface area contributed by atoms with E-state index in [1.54, 1.807) is 38.4 Å². The molecule has 1 saturated heterocycles. The first-order chi connectivity index (χ1) is 13.3. The second kappa shape index (κ2) is 8.22. The Hall–Kier alpha value is -2.55. The summed E-state index contributed by atoms with van der Waals surface area (Å²) in [4.78, 5) is 52.2. The van der Waals surface area contributed by atoms with E-state index in [2.05, 4.69) is 10.6 Å². The molecule has 9 heteroatoms. The summed E-state index contributed by atoms with van der Waals surface area (Å²) < 4.78 is 0. The van der Waals surface area contributed by atoms with Crippen LogP contribution < -0.4 is 10.6 Å². The number of carbonyl (C=O) groups excluding carboxylic acids is 4. The fourth-order valence-electron chi connectivity index (χ4n) is 3.46. The van der Waals surface area contributed by atoms with Crippen LogP contribution in [0.2, 0.25) is 0 Å². The maximum atomic E-state index is 12.7. The van der Waals surface area contributed by atoms with Crippen molar-refractivity contribution in [2.45, 2.75) is 42.5 Å². The number of nitrogens with zero attached hydrogens (tertiary/aromatic N) is 2. The Balaban J connectivity index is 1.57. The van der Waals surface area contributed by atoms with Crippen molar-refractivity contribution in [3.63, 3.8) is 0 Å². The van der Waals surface area contributed by atoms with Gasteiger partial charge in [0.05, 0.1) is 0 Å². The number of anilines is 1. The molecule has 0 atom stereocenters. The fraction of sp³-hybridized carbons (Fsp3) is 0.474. The van der Waals surface area contributed by atoms with E-state index in [1.807, 2.05) is 0 Å². The predicted octanol–water partition coefficient (Wildman–Crippen LogP) is 2.65. The third-order valence-electron chi connectivity index (χ3n) is 4.96. The van der Waals surface area contributed by atoms with Gasteiger partial charge in [-0.15, -0.1) is 0 Å². The Labute approximate surface area is 168 Å². The normalized spacial score (nSPS) is 18.1. The minimum absolute atomic E-state index is 0.0908. The third kappa shape index (κ3) is 4.30. The monoisotopic (exact) mass is 404 g/mol. The summed E-state index contributed by atoms with van der Waals surface area (Å²) in [6.45, 7) is -0.317. The number of thioether (sulfide) groups is 1. The van der Waals surface area contributed by atoms with Crippen LogP contribution in [0.15, 0.2) is 29.2 Å². The van der Waals surface area contributed by atoms with Gasteiger partial charge >= 0.3 is 6.03 Å². The van der Waals surface area contributed by atoms with Gasteiger partial charge in [-0.25, -0.2) is 4.79 Å². The zero-order valence-corrected chi connectivity index (χ0v) is 16.8. The number of imide groups is 1. The highest BCUT2D eigenvalue weighted by molar-refractivity contribution is 8.13. The summed E-state index contributed by atoms with van der Waals surface area (Å²) in [7, 11) is 3.36. The minimum Gasteiger partial charge on any atom is -0.339 e. The first-order valence-electron chi connectivity index (χ1n) is 9.24. The topological polar surface area (TPSA) is 98.8 Å². The molecule has 1 saturated carbocycles. The van der Waals surface area contributed by atoms with Gasteiger partial charge in [0.1, 0.15) is 12.1 Å². The molecule has 150 valence electrons. The van der Waals surface area contributed by atoms with Crippen molar-refractivity contribution in [3.8, 4) is 0 Å². The quantitative estimate of drug-likeness (QED) is 0.594. The molecule has 8 nitrogen and oxygen atoms in total. The molecule has 2 aliphatic rings. The average Bonchev–Trinajstić information content (AvgIpc) is 2.88. The van der Waals surface area contributed by atoms with Crippen molar-refractivity contribution in [2.24, 2.45) is 0 Å². The zero-order chi connectivity index (χ0) is 20.3. The molecule has 2 fully saturated rings. The molecule has 1 aromatic carbocycles. The Morgan fingerprint density at radius 3 is 2.39 bits per heavy atom. The van der Waals surface area contributed by atoms with E-state index in [-0.39, 0.29) is 17.7 Å². The Morgan fingerprint density at radius 1 is 1.14 bits per heavy atom.